The predicted molar refractivity (Wildman–Crippen MR) is 42.4 cm³/mol. The number of piperidine rings is 1. The Hall–Kier alpha value is -1.06. The quantitative estimate of drug-likeness (QED) is 0.523. The van der Waals surface area contributed by atoms with Crippen LogP contribution in [-0.2, 0) is 14.3 Å². The highest BCUT2D eigenvalue weighted by Gasteiger charge is 2.28. The molecule has 0 aliphatic carbocycles. The molecule has 12 heavy (non-hydrogen) atoms. The molecule has 0 unspecified atom stereocenters. The number of methoxy groups -OCH3 is 1. The van der Waals surface area contributed by atoms with Crippen LogP contribution in [0.1, 0.15) is 12.8 Å². The van der Waals surface area contributed by atoms with Gasteiger partial charge in [-0.25, -0.2) is 0 Å². The van der Waals surface area contributed by atoms with Gasteiger partial charge in [-0.2, -0.15) is 0 Å². The van der Waals surface area contributed by atoms with Crippen molar-refractivity contribution >= 4 is 11.9 Å². The summed E-state index contributed by atoms with van der Waals surface area (Å²) in [6.45, 7) is 0.651. The summed E-state index contributed by atoms with van der Waals surface area (Å²) in [5, 5.41) is 0. The topological polar surface area (TPSA) is 46.6 Å². The van der Waals surface area contributed by atoms with Gasteiger partial charge in [0.25, 0.3) is 0 Å². The number of carbonyl (C=O) groups excluding carboxylic acids is 2. The van der Waals surface area contributed by atoms with E-state index in [1.54, 1.807) is 11.9 Å². The number of ether oxygens (including phenoxy) is 1. The maximum atomic E-state index is 11.1. The van der Waals surface area contributed by atoms with Crippen LogP contribution in [0.5, 0.6) is 0 Å². The average molecular weight is 171 g/mol. The first-order chi connectivity index (χ1) is 5.65. The first-order valence-corrected chi connectivity index (χ1v) is 3.97. The predicted octanol–water partition coefficient (Wildman–Crippen LogP) is 0.0278. The van der Waals surface area contributed by atoms with Crippen LogP contribution in [0.25, 0.3) is 0 Å². The number of likely N-dealkylation sites (tertiary alicyclic amines) is 1. The molecule has 0 saturated carbocycles. The lowest BCUT2D eigenvalue weighted by Crippen LogP contribution is -2.38. The number of amides is 1. The highest BCUT2D eigenvalue weighted by molar-refractivity contribution is 5.84. The van der Waals surface area contributed by atoms with E-state index in [9.17, 15) is 9.59 Å². The van der Waals surface area contributed by atoms with Crippen LogP contribution < -0.4 is 0 Å². The number of hydrogen-bond acceptors (Lipinski definition) is 3. The van der Waals surface area contributed by atoms with Gasteiger partial charge >= 0.3 is 5.97 Å². The summed E-state index contributed by atoms with van der Waals surface area (Å²) >= 11 is 0. The molecule has 1 saturated heterocycles. The zero-order chi connectivity index (χ0) is 9.14. The Kier molecular flexibility index (Phi) is 2.68. The Balaban J connectivity index is 2.51. The maximum absolute atomic E-state index is 11.1. The van der Waals surface area contributed by atoms with E-state index in [1.807, 2.05) is 0 Å². The second-order valence-electron chi connectivity index (χ2n) is 3.03. The van der Waals surface area contributed by atoms with Crippen molar-refractivity contribution in [2.75, 3.05) is 20.7 Å². The molecular formula is C8H13NO3. The van der Waals surface area contributed by atoms with Crippen LogP contribution in [0.4, 0.5) is 0 Å². The number of hydrogen-bond donors (Lipinski definition) is 0. The van der Waals surface area contributed by atoms with Crippen molar-refractivity contribution in [1.29, 1.82) is 0 Å². The highest BCUT2D eigenvalue weighted by atomic mass is 16.5. The van der Waals surface area contributed by atoms with E-state index in [-0.39, 0.29) is 17.8 Å². The van der Waals surface area contributed by atoms with Crippen molar-refractivity contribution in [3.8, 4) is 0 Å². The molecule has 1 heterocycles. The highest BCUT2D eigenvalue weighted by Crippen LogP contribution is 2.17. The summed E-state index contributed by atoms with van der Waals surface area (Å²) in [5.74, 6) is -0.466. The molecular weight excluding hydrogens is 158 g/mol. The Morgan fingerprint density at radius 1 is 1.67 bits per heavy atom. The lowest BCUT2D eigenvalue weighted by molar-refractivity contribution is -0.151. The molecule has 1 aliphatic rings. The molecule has 0 N–H and O–H groups in total. The summed E-state index contributed by atoms with van der Waals surface area (Å²) in [5.41, 5.74) is 0. The summed E-state index contributed by atoms with van der Waals surface area (Å²) in [6, 6.07) is 0. The molecule has 4 heteroatoms. The third kappa shape index (κ3) is 1.75. The van der Waals surface area contributed by atoms with Gasteiger partial charge in [-0.3, -0.25) is 9.59 Å². The molecule has 1 atom stereocenters. The van der Waals surface area contributed by atoms with Gasteiger partial charge in [-0.05, 0) is 6.42 Å². The van der Waals surface area contributed by atoms with Crippen LogP contribution in [0.15, 0.2) is 0 Å². The normalized spacial score (nSPS) is 24.0. The van der Waals surface area contributed by atoms with Gasteiger partial charge in [0.15, 0.2) is 0 Å². The number of carbonyl (C=O) groups is 2. The van der Waals surface area contributed by atoms with E-state index < -0.39 is 0 Å². The SMILES string of the molecule is COC(=O)[C@@H]1CCN(C)C(=O)C1. The van der Waals surface area contributed by atoms with Crippen molar-refractivity contribution in [2.24, 2.45) is 5.92 Å². The summed E-state index contributed by atoms with van der Waals surface area (Å²) in [6.07, 6.45) is 1.01. The van der Waals surface area contributed by atoms with Crippen molar-refractivity contribution in [3.63, 3.8) is 0 Å². The minimum absolute atomic E-state index is 0.0247. The van der Waals surface area contributed by atoms with Gasteiger partial charge in [0.05, 0.1) is 13.0 Å². The molecule has 0 bridgehead atoms. The molecule has 0 spiro atoms. The standard InChI is InChI=1S/C8H13NO3/c1-9-4-3-6(5-7(9)10)8(11)12-2/h6H,3-5H2,1-2H3/t6-/m1/s1. The van der Waals surface area contributed by atoms with Gasteiger partial charge in [0.1, 0.15) is 0 Å². The third-order valence-corrected chi connectivity index (χ3v) is 2.19. The van der Waals surface area contributed by atoms with Crippen LogP contribution in [0.2, 0.25) is 0 Å². The van der Waals surface area contributed by atoms with Crippen molar-refractivity contribution in [1.82, 2.24) is 4.90 Å². The number of esters is 1. The Labute approximate surface area is 71.5 Å². The fourth-order valence-electron chi connectivity index (χ4n) is 1.31. The van der Waals surface area contributed by atoms with Crippen molar-refractivity contribution < 1.29 is 14.3 Å². The van der Waals surface area contributed by atoms with Crippen molar-refractivity contribution in [2.45, 2.75) is 12.8 Å². The van der Waals surface area contributed by atoms with Crippen LogP contribution >= 0.6 is 0 Å². The van der Waals surface area contributed by atoms with E-state index in [1.165, 1.54) is 7.11 Å². The Morgan fingerprint density at radius 3 is 2.83 bits per heavy atom. The zero-order valence-electron chi connectivity index (χ0n) is 7.37. The molecule has 4 nitrogen and oxygen atoms in total. The molecule has 1 amide bonds. The van der Waals surface area contributed by atoms with Gasteiger partial charge in [-0.1, -0.05) is 0 Å². The lowest BCUT2D eigenvalue weighted by Gasteiger charge is -2.26. The zero-order valence-corrected chi connectivity index (χ0v) is 7.37. The minimum Gasteiger partial charge on any atom is -0.469 e. The molecule has 1 rings (SSSR count). The minimum atomic E-state index is -0.267. The number of rotatable bonds is 1. The molecule has 0 aromatic carbocycles. The fraction of sp³-hybridized carbons (Fsp3) is 0.750. The van der Waals surface area contributed by atoms with E-state index in [4.69, 9.17) is 0 Å². The smallest absolute Gasteiger partial charge is 0.309 e. The van der Waals surface area contributed by atoms with Gasteiger partial charge in [0, 0.05) is 20.0 Å². The summed E-state index contributed by atoms with van der Waals surface area (Å²) in [4.78, 5) is 23.8. The molecule has 68 valence electrons. The first-order valence-electron chi connectivity index (χ1n) is 3.97. The molecule has 0 aromatic heterocycles. The van der Waals surface area contributed by atoms with Gasteiger partial charge in [0.2, 0.25) is 5.91 Å². The van der Waals surface area contributed by atoms with Gasteiger partial charge < -0.3 is 9.64 Å². The largest absolute Gasteiger partial charge is 0.469 e. The third-order valence-electron chi connectivity index (χ3n) is 2.19. The van der Waals surface area contributed by atoms with E-state index in [0.29, 0.717) is 13.0 Å². The Bertz CT molecular complexity index is 200. The molecule has 0 radical (unpaired) electrons. The number of nitrogens with zero attached hydrogens (tertiary/aromatic N) is 1. The summed E-state index contributed by atoms with van der Waals surface area (Å²) in [7, 11) is 3.10. The van der Waals surface area contributed by atoms with Crippen LogP contribution in [-0.4, -0.2) is 37.5 Å². The first kappa shape index (κ1) is 9.03. The van der Waals surface area contributed by atoms with Crippen molar-refractivity contribution in [3.05, 3.63) is 0 Å². The molecule has 1 fully saturated rings. The average Bonchev–Trinajstić information content (AvgIpc) is 2.08. The summed E-state index contributed by atoms with van der Waals surface area (Å²) < 4.78 is 4.56. The monoisotopic (exact) mass is 171 g/mol. The second-order valence-corrected chi connectivity index (χ2v) is 3.03. The lowest BCUT2D eigenvalue weighted by atomic mass is 9.97. The van der Waals surface area contributed by atoms with E-state index >= 15 is 0 Å². The Morgan fingerprint density at radius 2 is 2.33 bits per heavy atom. The van der Waals surface area contributed by atoms with E-state index in [0.717, 1.165) is 6.42 Å². The van der Waals surface area contributed by atoms with Crippen LogP contribution in [0, 0.1) is 5.92 Å². The second kappa shape index (κ2) is 3.56. The fourth-order valence-corrected chi connectivity index (χ4v) is 1.31. The molecule has 1 aliphatic heterocycles. The maximum Gasteiger partial charge on any atom is 0.309 e. The van der Waals surface area contributed by atoms with E-state index in [2.05, 4.69) is 4.74 Å². The van der Waals surface area contributed by atoms with Gasteiger partial charge in [-0.15, -0.1) is 0 Å². The molecule has 0 aromatic rings. The van der Waals surface area contributed by atoms with Crippen LogP contribution in [0.3, 0.4) is 0 Å².